The van der Waals surface area contributed by atoms with Crippen LogP contribution in [0.15, 0.2) is 176 Å². The molecule has 0 N–H and O–H groups in total. The fourth-order valence-corrected chi connectivity index (χ4v) is 9.52. The predicted molar refractivity (Wildman–Crippen MR) is 215 cm³/mol. The topological polar surface area (TPSA) is 3.24 Å². The summed E-state index contributed by atoms with van der Waals surface area (Å²) in [6.07, 6.45) is 0. The van der Waals surface area contributed by atoms with E-state index >= 15 is 0 Å². The van der Waals surface area contributed by atoms with E-state index in [1.165, 1.54) is 73.4 Å². The Labute approximate surface area is 292 Å². The number of thiophene rings is 2. The lowest BCUT2D eigenvalue weighted by molar-refractivity contribution is 1.29. The van der Waals surface area contributed by atoms with E-state index in [4.69, 9.17) is 0 Å². The molecule has 0 amide bonds. The van der Waals surface area contributed by atoms with Gasteiger partial charge in [0.25, 0.3) is 0 Å². The second-order valence-corrected chi connectivity index (χ2v) is 14.7. The first kappa shape index (κ1) is 28.3. The van der Waals surface area contributed by atoms with Gasteiger partial charge in [0.05, 0.1) is 0 Å². The molecular weight excluding hydrogens is 631 g/mol. The summed E-state index contributed by atoms with van der Waals surface area (Å²) < 4.78 is 5.28. The molecule has 1 nitrogen and oxygen atoms in total. The minimum absolute atomic E-state index is 1.13. The Morgan fingerprint density at radius 2 is 0.898 bits per heavy atom. The van der Waals surface area contributed by atoms with Gasteiger partial charge in [-0.3, -0.25) is 0 Å². The molecule has 0 unspecified atom stereocenters. The third-order valence-corrected chi connectivity index (χ3v) is 11.9. The standard InChI is InChI=1S/C46H29NS2/c1-2-13-37-31(9-1)10-8-16-38(37)33-11-7-12-35(27-33)47(36-24-25-41-39-14-3-5-17-43(39)49-46(41)29-36)34-22-19-30(20-23-34)32-21-26-45-42(28-32)40-15-4-6-18-44(40)48-45/h1-29H. The maximum absolute atomic E-state index is 2.40. The van der Waals surface area contributed by atoms with Crippen molar-refractivity contribution in [2.75, 3.05) is 4.90 Å². The SMILES string of the molecule is c1cc(-c2cccc3ccccc23)cc(N(c2ccc(-c3ccc4sc5ccccc5c4c3)cc2)c2ccc3c(c2)sc2ccccc23)c1. The molecule has 0 aliphatic carbocycles. The van der Waals surface area contributed by atoms with Crippen LogP contribution < -0.4 is 4.90 Å². The monoisotopic (exact) mass is 659 g/mol. The Morgan fingerprint density at radius 1 is 0.306 bits per heavy atom. The summed E-state index contributed by atoms with van der Waals surface area (Å²) in [5, 5.41) is 7.79. The smallest absolute Gasteiger partial charge is 0.0476 e. The lowest BCUT2D eigenvalue weighted by Crippen LogP contribution is -2.10. The summed E-state index contributed by atoms with van der Waals surface area (Å²) in [5.74, 6) is 0. The largest absolute Gasteiger partial charge is 0.310 e. The van der Waals surface area contributed by atoms with Crippen molar-refractivity contribution in [2.24, 2.45) is 0 Å². The van der Waals surface area contributed by atoms with E-state index in [2.05, 4.69) is 181 Å². The normalized spacial score (nSPS) is 11.7. The van der Waals surface area contributed by atoms with E-state index in [0.717, 1.165) is 17.1 Å². The van der Waals surface area contributed by atoms with Crippen molar-refractivity contribution >= 4 is 90.9 Å². The minimum Gasteiger partial charge on any atom is -0.310 e. The molecule has 0 bridgehead atoms. The van der Waals surface area contributed by atoms with Gasteiger partial charge >= 0.3 is 0 Å². The van der Waals surface area contributed by atoms with E-state index in [-0.39, 0.29) is 0 Å². The third-order valence-electron chi connectivity index (χ3n) is 9.66. The van der Waals surface area contributed by atoms with Crippen LogP contribution in [0.5, 0.6) is 0 Å². The molecule has 0 saturated carbocycles. The molecule has 0 radical (unpaired) electrons. The zero-order valence-electron chi connectivity index (χ0n) is 26.5. The van der Waals surface area contributed by atoms with Crippen LogP contribution in [0.1, 0.15) is 0 Å². The third kappa shape index (κ3) is 4.82. The Kier molecular flexibility index (Phi) is 6.61. The molecule has 0 fully saturated rings. The Hall–Kier alpha value is -5.74. The number of hydrogen-bond acceptors (Lipinski definition) is 3. The van der Waals surface area contributed by atoms with E-state index in [1.54, 1.807) is 0 Å². The van der Waals surface area contributed by atoms with E-state index in [9.17, 15) is 0 Å². The summed E-state index contributed by atoms with van der Waals surface area (Å²) in [5.41, 5.74) is 8.30. The first-order valence-corrected chi connectivity index (χ1v) is 18.2. The molecule has 0 aliphatic rings. The van der Waals surface area contributed by atoms with Gasteiger partial charge < -0.3 is 4.90 Å². The molecule has 0 aliphatic heterocycles. The quantitative estimate of drug-likeness (QED) is 0.178. The van der Waals surface area contributed by atoms with Crippen LogP contribution >= 0.6 is 22.7 Å². The number of benzene rings is 8. The zero-order chi connectivity index (χ0) is 32.3. The molecule has 3 heteroatoms. The number of anilines is 3. The fraction of sp³-hybridized carbons (Fsp3) is 0. The zero-order valence-corrected chi connectivity index (χ0v) is 28.1. The molecule has 49 heavy (non-hydrogen) atoms. The van der Waals surface area contributed by atoms with Gasteiger partial charge in [-0.05, 0) is 93.7 Å². The van der Waals surface area contributed by atoms with Crippen LogP contribution in [0.3, 0.4) is 0 Å². The highest BCUT2D eigenvalue weighted by Crippen LogP contribution is 2.43. The van der Waals surface area contributed by atoms with Crippen molar-refractivity contribution in [1.82, 2.24) is 0 Å². The maximum Gasteiger partial charge on any atom is 0.0476 e. The molecule has 0 atom stereocenters. The predicted octanol–water partition coefficient (Wildman–Crippen LogP) is 14.4. The second kappa shape index (κ2) is 11.5. The summed E-state index contributed by atoms with van der Waals surface area (Å²) in [7, 11) is 0. The molecule has 0 saturated heterocycles. The molecule has 2 heterocycles. The highest BCUT2D eigenvalue weighted by Gasteiger charge is 2.17. The average Bonchev–Trinajstić information content (AvgIpc) is 3.73. The van der Waals surface area contributed by atoms with Gasteiger partial charge in [0.2, 0.25) is 0 Å². The Morgan fingerprint density at radius 3 is 1.73 bits per heavy atom. The molecule has 2 aromatic heterocycles. The first-order chi connectivity index (χ1) is 24.3. The number of fused-ring (bicyclic) bond motifs is 7. The molecular formula is C46H29NS2. The van der Waals surface area contributed by atoms with Crippen molar-refractivity contribution in [2.45, 2.75) is 0 Å². The van der Waals surface area contributed by atoms with Gasteiger partial charge in [-0.15, -0.1) is 22.7 Å². The van der Waals surface area contributed by atoms with Gasteiger partial charge in [0, 0.05) is 57.4 Å². The number of hydrogen-bond donors (Lipinski definition) is 0. The van der Waals surface area contributed by atoms with Crippen LogP contribution in [0.2, 0.25) is 0 Å². The van der Waals surface area contributed by atoms with Crippen LogP contribution in [0.4, 0.5) is 17.1 Å². The average molecular weight is 660 g/mol. The van der Waals surface area contributed by atoms with E-state index in [0.29, 0.717) is 0 Å². The lowest BCUT2D eigenvalue weighted by Gasteiger charge is -2.26. The molecule has 0 spiro atoms. The van der Waals surface area contributed by atoms with Crippen molar-refractivity contribution in [3.05, 3.63) is 176 Å². The molecule has 10 aromatic rings. The fourth-order valence-electron chi connectivity index (χ4n) is 7.30. The Balaban J connectivity index is 1.11. The maximum atomic E-state index is 2.40. The van der Waals surface area contributed by atoms with Crippen LogP contribution in [0.25, 0.3) is 73.4 Å². The summed E-state index contributed by atoms with van der Waals surface area (Å²) in [6.45, 7) is 0. The lowest BCUT2D eigenvalue weighted by atomic mass is 9.97. The highest BCUT2D eigenvalue weighted by molar-refractivity contribution is 7.26. The van der Waals surface area contributed by atoms with E-state index in [1.807, 2.05) is 22.7 Å². The summed E-state index contributed by atoms with van der Waals surface area (Å²) in [6, 6.07) is 64.5. The number of rotatable bonds is 5. The van der Waals surface area contributed by atoms with Gasteiger partial charge in [-0.1, -0.05) is 115 Å². The minimum atomic E-state index is 1.13. The van der Waals surface area contributed by atoms with Gasteiger partial charge in [-0.2, -0.15) is 0 Å². The number of nitrogens with zero attached hydrogens (tertiary/aromatic N) is 1. The van der Waals surface area contributed by atoms with Crippen molar-refractivity contribution in [3.8, 4) is 22.3 Å². The summed E-state index contributed by atoms with van der Waals surface area (Å²) in [4.78, 5) is 2.40. The van der Waals surface area contributed by atoms with E-state index < -0.39 is 0 Å². The van der Waals surface area contributed by atoms with Crippen LogP contribution in [-0.2, 0) is 0 Å². The molecule has 230 valence electrons. The highest BCUT2D eigenvalue weighted by atomic mass is 32.1. The van der Waals surface area contributed by atoms with Gasteiger partial charge in [-0.25, -0.2) is 0 Å². The Bertz CT molecular complexity index is 2830. The van der Waals surface area contributed by atoms with Crippen molar-refractivity contribution in [3.63, 3.8) is 0 Å². The van der Waals surface area contributed by atoms with Crippen molar-refractivity contribution < 1.29 is 0 Å². The van der Waals surface area contributed by atoms with Crippen LogP contribution in [0, 0.1) is 0 Å². The van der Waals surface area contributed by atoms with Gasteiger partial charge in [0.15, 0.2) is 0 Å². The second-order valence-electron chi connectivity index (χ2n) is 12.5. The summed E-state index contributed by atoms with van der Waals surface area (Å²) >= 11 is 3.72. The van der Waals surface area contributed by atoms with Crippen LogP contribution in [-0.4, -0.2) is 0 Å². The van der Waals surface area contributed by atoms with Crippen molar-refractivity contribution in [1.29, 1.82) is 0 Å². The van der Waals surface area contributed by atoms with Gasteiger partial charge in [0.1, 0.15) is 0 Å². The molecule has 8 aromatic carbocycles. The first-order valence-electron chi connectivity index (χ1n) is 16.6. The molecule has 10 rings (SSSR count).